The highest BCUT2D eigenvalue weighted by molar-refractivity contribution is 4.82. The zero-order valence-electron chi connectivity index (χ0n) is 10.3. The van der Waals surface area contributed by atoms with Crippen molar-refractivity contribution in [2.75, 3.05) is 13.2 Å². The molecule has 0 rings (SSSR count). The maximum atomic E-state index is 5.48. The van der Waals surface area contributed by atoms with Gasteiger partial charge in [0.25, 0.3) is 0 Å². The van der Waals surface area contributed by atoms with Crippen LogP contribution in [0.4, 0.5) is 0 Å². The van der Waals surface area contributed by atoms with Crippen LogP contribution in [0.3, 0.4) is 0 Å². The molecule has 0 heterocycles. The van der Waals surface area contributed by atoms with Crippen molar-refractivity contribution in [2.45, 2.75) is 47.0 Å². The van der Waals surface area contributed by atoms with Crippen LogP contribution in [0.2, 0.25) is 0 Å². The molecule has 0 aromatic heterocycles. The third kappa shape index (κ3) is 11.7. The van der Waals surface area contributed by atoms with E-state index in [2.05, 4.69) is 39.8 Å². The van der Waals surface area contributed by atoms with Crippen LogP contribution in [0.15, 0.2) is 12.2 Å². The Bertz CT molecular complexity index is 136. The number of allylic oxidation sites excluding steroid dienone is 1. The van der Waals surface area contributed by atoms with Crippen molar-refractivity contribution in [1.82, 2.24) is 0 Å². The fourth-order valence-corrected chi connectivity index (χ4v) is 1.18. The van der Waals surface area contributed by atoms with Crippen molar-refractivity contribution >= 4 is 0 Å². The molecule has 0 aliphatic heterocycles. The molecule has 1 heteroatoms. The summed E-state index contributed by atoms with van der Waals surface area (Å²) in [5.41, 5.74) is 0. The second-order valence-electron chi connectivity index (χ2n) is 4.71. The van der Waals surface area contributed by atoms with E-state index in [-0.39, 0.29) is 0 Å². The zero-order chi connectivity index (χ0) is 10.8. The molecule has 0 amide bonds. The Hall–Kier alpha value is -0.300. The van der Waals surface area contributed by atoms with Crippen LogP contribution in [-0.4, -0.2) is 13.2 Å². The molecule has 0 radical (unpaired) electrons. The maximum absolute atomic E-state index is 5.48. The lowest BCUT2D eigenvalue weighted by molar-refractivity contribution is 0.154. The number of rotatable bonds is 8. The molecule has 0 aromatic carbocycles. The summed E-state index contributed by atoms with van der Waals surface area (Å²) in [6.07, 6.45) is 7.98. The van der Waals surface area contributed by atoms with Crippen LogP contribution in [0, 0.1) is 11.8 Å². The second-order valence-corrected chi connectivity index (χ2v) is 4.71. The highest BCUT2D eigenvalue weighted by atomic mass is 16.5. The van der Waals surface area contributed by atoms with Gasteiger partial charge in [0.15, 0.2) is 0 Å². The lowest BCUT2D eigenvalue weighted by atomic mass is 10.1. The van der Waals surface area contributed by atoms with Crippen molar-refractivity contribution in [3.8, 4) is 0 Å². The molecule has 0 N–H and O–H groups in total. The normalized spacial score (nSPS) is 12.1. The molecule has 0 atom stereocenters. The van der Waals surface area contributed by atoms with Gasteiger partial charge < -0.3 is 4.74 Å². The van der Waals surface area contributed by atoms with Gasteiger partial charge in [-0.25, -0.2) is 0 Å². The standard InChI is InChI=1S/C13H26O/c1-12(2)8-5-6-10-14-11-7-9-13(3)4/h5-6,12-13H,7-11H2,1-4H3. The van der Waals surface area contributed by atoms with E-state index in [9.17, 15) is 0 Å². The quantitative estimate of drug-likeness (QED) is 0.422. The van der Waals surface area contributed by atoms with Crippen LogP contribution >= 0.6 is 0 Å². The van der Waals surface area contributed by atoms with Crippen LogP contribution in [0.25, 0.3) is 0 Å². The summed E-state index contributed by atoms with van der Waals surface area (Å²) in [5, 5.41) is 0. The van der Waals surface area contributed by atoms with Crippen LogP contribution < -0.4 is 0 Å². The fraction of sp³-hybridized carbons (Fsp3) is 0.846. The molecule has 0 bridgehead atoms. The van der Waals surface area contributed by atoms with E-state index in [4.69, 9.17) is 4.74 Å². The Labute approximate surface area is 89.5 Å². The van der Waals surface area contributed by atoms with E-state index in [1.54, 1.807) is 0 Å². The molecule has 0 aromatic rings. The Balaban J connectivity index is 3.09. The SMILES string of the molecule is CC(C)CC=CCOCCCC(C)C. The molecular weight excluding hydrogens is 172 g/mol. The summed E-state index contributed by atoms with van der Waals surface area (Å²) in [5.74, 6) is 1.56. The lowest BCUT2D eigenvalue weighted by Crippen LogP contribution is -1.97. The van der Waals surface area contributed by atoms with Crippen molar-refractivity contribution in [3.63, 3.8) is 0 Å². The summed E-state index contributed by atoms with van der Waals surface area (Å²) in [6, 6.07) is 0. The molecule has 14 heavy (non-hydrogen) atoms. The monoisotopic (exact) mass is 198 g/mol. The van der Waals surface area contributed by atoms with Crippen LogP contribution in [0.5, 0.6) is 0 Å². The molecule has 0 saturated heterocycles. The van der Waals surface area contributed by atoms with Crippen molar-refractivity contribution in [2.24, 2.45) is 11.8 Å². The van der Waals surface area contributed by atoms with E-state index in [0.717, 1.165) is 31.5 Å². The van der Waals surface area contributed by atoms with E-state index < -0.39 is 0 Å². The first-order chi connectivity index (χ1) is 6.63. The minimum atomic E-state index is 0.757. The molecule has 0 aliphatic rings. The first-order valence-corrected chi connectivity index (χ1v) is 5.85. The van der Waals surface area contributed by atoms with E-state index in [1.165, 1.54) is 12.8 Å². The van der Waals surface area contributed by atoms with E-state index >= 15 is 0 Å². The van der Waals surface area contributed by atoms with Crippen molar-refractivity contribution in [1.29, 1.82) is 0 Å². The van der Waals surface area contributed by atoms with Gasteiger partial charge >= 0.3 is 0 Å². The van der Waals surface area contributed by atoms with Gasteiger partial charge in [0.1, 0.15) is 0 Å². The predicted octanol–water partition coefficient (Wildman–Crippen LogP) is 4.04. The molecule has 0 fully saturated rings. The highest BCUT2D eigenvalue weighted by Gasteiger charge is 1.93. The van der Waals surface area contributed by atoms with Gasteiger partial charge in [-0.15, -0.1) is 0 Å². The molecule has 0 unspecified atom stereocenters. The number of hydrogen-bond acceptors (Lipinski definition) is 1. The topological polar surface area (TPSA) is 9.23 Å². The number of ether oxygens (including phenoxy) is 1. The van der Waals surface area contributed by atoms with Gasteiger partial charge in [-0.05, 0) is 31.1 Å². The fourth-order valence-electron chi connectivity index (χ4n) is 1.18. The van der Waals surface area contributed by atoms with Gasteiger partial charge in [0, 0.05) is 6.61 Å². The second kappa shape index (κ2) is 9.26. The first kappa shape index (κ1) is 13.7. The number of hydrogen-bond donors (Lipinski definition) is 0. The van der Waals surface area contributed by atoms with Gasteiger partial charge in [-0.2, -0.15) is 0 Å². The smallest absolute Gasteiger partial charge is 0.0647 e. The Morgan fingerprint density at radius 1 is 1.00 bits per heavy atom. The minimum absolute atomic E-state index is 0.757. The molecule has 0 aliphatic carbocycles. The summed E-state index contributed by atoms with van der Waals surface area (Å²) >= 11 is 0. The third-order valence-corrected chi connectivity index (χ3v) is 2.06. The van der Waals surface area contributed by atoms with Crippen LogP contribution in [-0.2, 0) is 4.74 Å². The molecule has 0 spiro atoms. The zero-order valence-corrected chi connectivity index (χ0v) is 10.3. The highest BCUT2D eigenvalue weighted by Crippen LogP contribution is 2.03. The van der Waals surface area contributed by atoms with Gasteiger partial charge in [-0.1, -0.05) is 39.8 Å². The molecule has 1 nitrogen and oxygen atoms in total. The average molecular weight is 198 g/mol. The molecular formula is C13H26O. The van der Waals surface area contributed by atoms with Gasteiger partial charge in [-0.3, -0.25) is 0 Å². The third-order valence-electron chi connectivity index (χ3n) is 2.06. The summed E-state index contributed by atoms with van der Waals surface area (Å²) in [6.45, 7) is 10.7. The molecule has 0 saturated carbocycles. The Morgan fingerprint density at radius 3 is 2.29 bits per heavy atom. The summed E-state index contributed by atoms with van der Waals surface area (Å²) < 4.78 is 5.48. The van der Waals surface area contributed by atoms with Crippen LogP contribution in [0.1, 0.15) is 47.0 Å². The summed E-state index contributed by atoms with van der Waals surface area (Å²) in [4.78, 5) is 0. The van der Waals surface area contributed by atoms with E-state index in [1.807, 2.05) is 0 Å². The average Bonchev–Trinajstić information content (AvgIpc) is 2.08. The minimum Gasteiger partial charge on any atom is -0.377 e. The largest absolute Gasteiger partial charge is 0.377 e. The van der Waals surface area contributed by atoms with Gasteiger partial charge in [0.05, 0.1) is 6.61 Å². The van der Waals surface area contributed by atoms with Crippen molar-refractivity contribution < 1.29 is 4.74 Å². The van der Waals surface area contributed by atoms with Gasteiger partial charge in [0.2, 0.25) is 0 Å². The van der Waals surface area contributed by atoms with E-state index in [0.29, 0.717) is 0 Å². The summed E-state index contributed by atoms with van der Waals surface area (Å²) in [7, 11) is 0. The Morgan fingerprint density at radius 2 is 1.71 bits per heavy atom. The lowest BCUT2D eigenvalue weighted by Gasteiger charge is -2.04. The predicted molar refractivity (Wildman–Crippen MR) is 63.5 cm³/mol. The van der Waals surface area contributed by atoms with Crippen molar-refractivity contribution in [3.05, 3.63) is 12.2 Å². The first-order valence-electron chi connectivity index (χ1n) is 5.85. The maximum Gasteiger partial charge on any atom is 0.0647 e. The molecule has 84 valence electrons. The Kier molecular flexibility index (Phi) is 9.06.